The van der Waals surface area contributed by atoms with Gasteiger partial charge in [0.05, 0.1) is 19.8 Å². The minimum absolute atomic E-state index is 0.239. The van der Waals surface area contributed by atoms with Crippen LogP contribution in [0.5, 0.6) is 0 Å². The second-order valence-corrected chi connectivity index (χ2v) is 7.31. The molecule has 1 aromatic rings. The summed E-state index contributed by atoms with van der Waals surface area (Å²) in [6, 6.07) is 6.34. The molecule has 1 spiro atoms. The van der Waals surface area contributed by atoms with Crippen molar-refractivity contribution in [3.05, 3.63) is 34.9 Å². The van der Waals surface area contributed by atoms with E-state index in [1.165, 1.54) is 16.7 Å². The van der Waals surface area contributed by atoms with Crippen LogP contribution in [0.15, 0.2) is 23.2 Å². The molecular formula is C20H26N2O2. The monoisotopic (exact) mass is 326 g/mol. The van der Waals surface area contributed by atoms with Gasteiger partial charge < -0.3 is 4.74 Å². The molecule has 0 atom stereocenters. The Morgan fingerprint density at radius 1 is 1.25 bits per heavy atom. The van der Waals surface area contributed by atoms with Crippen LogP contribution in [-0.4, -0.2) is 22.2 Å². The van der Waals surface area contributed by atoms with Gasteiger partial charge in [-0.1, -0.05) is 44.4 Å². The molecule has 4 nitrogen and oxygen atoms in total. The molecule has 0 N–H and O–H groups in total. The number of amidine groups is 1. The SMILES string of the molecule is CCCCC1=NC2(CCCC2)C(=O)N1Cc1cccc2c1COC2. The summed E-state index contributed by atoms with van der Waals surface area (Å²) in [7, 11) is 0. The zero-order chi connectivity index (χ0) is 16.6. The molecule has 1 aromatic carbocycles. The molecule has 128 valence electrons. The van der Waals surface area contributed by atoms with Crippen molar-refractivity contribution in [3.63, 3.8) is 0 Å². The molecule has 4 heteroatoms. The summed E-state index contributed by atoms with van der Waals surface area (Å²) in [6.45, 7) is 4.20. The number of ether oxygens (including phenoxy) is 1. The highest BCUT2D eigenvalue weighted by molar-refractivity contribution is 6.08. The standard InChI is InChI=1S/C20H26N2O2/c1-2-3-9-18-21-20(10-4-5-11-20)19(23)22(18)12-15-7-6-8-16-13-24-14-17(15)16/h6-8H,2-5,9-14H2,1H3. The van der Waals surface area contributed by atoms with Gasteiger partial charge in [0.1, 0.15) is 11.4 Å². The third kappa shape index (κ3) is 2.57. The third-order valence-corrected chi connectivity index (χ3v) is 5.69. The fourth-order valence-electron chi connectivity index (χ4n) is 4.29. The Labute approximate surface area is 143 Å². The summed E-state index contributed by atoms with van der Waals surface area (Å²) in [5, 5.41) is 0. The van der Waals surface area contributed by atoms with E-state index in [4.69, 9.17) is 9.73 Å². The Kier molecular flexibility index (Phi) is 4.17. The van der Waals surface area contributed by atoms with Gasteiger partial charge in [0.2, 0.25) is 0 Å². The first-order valence-corrected chi connectivity index (χ1v) is 9.31. The van der Waals surface area contributed by atoms with Gasteiger partial charge in [-0.05, 0) is 36.0 Å². The highest BCUT2D eigenvalue weighted by Gasteiger charge is 2.49. The van der Waals surface area contributed by atoms with Crippen molar-refractivity contribution in [1.29, 1.82) is 0 Å². The topological polar surface area (TPSA) is 41.9 Å². The normalized spacial score (nSPS) is 21.6. The molecule has 1 fully saturated rings. The van der Waals surface area contributed by atoms with E-state index in [1.54, 1.807) is 0 Å². The van der Waals surface area contributed by atoms with E-state index < -0.39 is 5.54 Å². The van der Waals surface area contributed by atoms with E-state index >= 15 is 0 Å². The molecule has 0 saturated heterocycles. The lowest BCUT2D eigenvalue weighted by molar-refractivity contribution is -0.131. The smallest absolute Gasteiger partial charge is 0.256 e. The van der Waals surface area contributed by atoms with E-state index in [0.29, 0.717) is 19.8 Å². The maximum atomic E-state index is 13.2. The van der Waals surface area contributed by atoms with Gasteiger partial charge in [-0.2, -0.15) is 0 Å². The van der Waals surface area contributed by atoms with Crippen LogP contribution in [0.2, 0.25) is 0 Å². The average Bonchev–Trinajstić information content (AvgIpc) is 3.30. The number of hydrogen-bond acceptors (Lipinski definition) is 3. The number of rotatable bonds is 5. The first kappa shape index (κ1) is 15.8. The number of carbonyl (C=O) groups excluding carboxylic acids is 1. The van der Waals surface area contributed by atoms with Crippen LogP contribution in [0.25, 0.3) is 0 Å². The van der Waals surface area contributed by atoms with Crippen LogP contribution in [0.3, 0.4) is 0 Å². The Balaban J connectivity index is 1.62. The van der Waals surface area contributed by atoms with Crippen molar-refractivity contribution in [3.8, 4) is 0 Å². The number of fused-ring (bicyclic) bond motifs is 1. The van der Waals surface area contributed by atoms with Gasteiger partial charge in [0.15, 0.2) is 0 Å². The van der Waals surface area contributed by atoms with Gasteiger partial charge in [-0.15, -0.1) is 0 Å². The zero-order valence-corrected chi connectivity index (χ0v) is 14.5. The van der Waals surface area contributed by atoms with Crippen LogP contribution in [0, 0.1) is 0 Å². The lowest BCUT2D eigenvalue weighted by atomic mass is 9.97. The maximum absolute atomic E-state index is 13.2. The quantitative estimate of drug-likeness (QED) is 0.822. The van der Waals surface area contributed by atoms with Gasteiger partial charge in [0, 0.05) is 6.42 Å². The molecular weight excluding hydrogens is 300 g/mol. The number of nitrogens with zero attached hydrogens (tertiary/aromatic N) is 2. The van der Waals surface area contributed by atoms with Gasteiger partial charge in [-0.3, -0.25) is 14.7 Å². The Hall–Kier alpha value is -1.68. The summed E-state index contributed by atoms with van der Waals surface area (Å²) in [5.41, 5.74) is 3.32. The molecule has 2 aliphatic heterocycles. The zero-order valence-electron chi connectivity index (χ0n) is 14.5. The first-order chi connectivity index (χ1) is 11.7. The first-order valence-electron chi connectivity index (χ1n) is 9.31. The fraction of sp³-hybridized carbons (Fsp3) is 0.600. The van der Waals surface area contributed by atoms with E-state index in [2.05, 4.69) is 25.1 Å². The number of aliphatic imine (C=N–C) groups is 1. The Morgan fingerprint density at radius 3 is 2.88 bits per heavy atom. The minimum Gasteiger partial charge on any atom is -0.372 e. The largest absolute Gasteiger partial charge is 0.372 e. The minimum atomic E-state index is -0.433. The van der Waals surface area contributed by atoms with E-state index in [0.717, 1.165) is 50.8 Å². The van der Waals surface area contributed by atoms with Crippen molar-refractivity contribution in [2.45, 2.75) is 77.2 Å². The predicted molar refractivity (Wildman–Crippen MR) is 93.6 cm³/mol. The van der Waals surface area contributed by atoms with Crippen molar-refractivity contribution in [2.75, 3.05) is 0 Å². The molecule has 2 heterocycles. The van der Waals surface area contributed by atoms with Crippen LogP contribution in [0.1, 0.15) is 68.6 Å². The van der Waals surface area contributed by atoms with E-state index in [1.807, 2.05) is 4.90 Å². The molecule has 24 heavy (non-hydrogen) atoms. The number of amides is 1. The summed E-state index contributed by atoms with van der Waals surface area (Å²) in [6.07, 6.45) is 7.23. The summed E-state index contributed by atoms with van der Waals surface area (Å²) in [4.78, 5) is 20.1. The number of carbonyl (C=O) groups is 1. The maximum Gasteiger partial charge on any atom is 0.256 e. The van der Waals surface area contributed by atoms with E-state index in [-0.39, 0.29) is 5.91 Å². The van der Waals surface area contributed by atoms with Gasteiger partial charge in [-0.25, -0.2) is 0 Å². The van der Waals surface area contributed by atoms with Gasteiger partial charge in [0.25, 0.3) is 5.91 Å². The van der Waals surface area contributed by atoms with E-state index in [9.17, 15) is 4.79 Å². The lowest BCUT2D eigenvalue weighted by Gasteiger charge is -2.23. The highest BCUT2D eigenvalue weighted by atomic mass is 16.5. The van der Waals surface area contributed by atoms with Crippen molar-refractivity contribution in [2.24, 2.45) is 4.99 Å². The molecule has 0 aromatic heterocycles. The Morgan fingerprint density at radius 2 is 2.08 bits per heavy atom. The third-order valence-electron chi connectivity index (χ3n) is 5.69. The summed E-state index contributed by atoms with van der Waals surface area (Å²) < 4.78 is 5.60. The second-order valence-electron chi connectivity index (χ2n) is 7.31. The van der Waals surface area contributed by atoms with Crippen LogP contribution in [0.4, 0.5) is 0 Å². The number of unbranched alkanes of at least 4 members (excludes halogenated alkanes) is 1. The van der Waals surface area contributed by atoms with Gasteiger partial charge >= 0.3 is 0 Å². The molecule has 1 amide bonds. The fourth-order valence-corrected chi connectivity index (χ4v) is 4.29. The van der Waals surface area contributed by atoms with Crippen molar-refractivity contribution < 1.29 is 9.53 Å². The molecule has 0 unspecified atom stereocenters. The summed E-state index contributed by atoms with van der Waals surface area (Å²) >= 11 is 0. The molecule has 1 aliphatic carbocycles. The van der Waals surface area contributed by atoms with Crippen molar-refractivity contribution in [1.82, 2.24) is 4.90 Å². The highest BCUT2D eigenvalue weighted by Crippen LogP contribution is 2.40. The van der Waals surface area contributed by atoms with Crippen LogP contribution in [-0.2, 0) is 29.3 Å². The predicted octanol–water partition coefficient (Wildman–Crippen LogP) is 3.96. The van der Waals surface area contributed by atoms with Crippen LogP contribution >= 0.6 is 0 Å². The number of hydrogen-bond donors (Lipinski definition) is 0. The molecule has 1 saturated carbocycles. The molecule has 4 rings (SSSR count). The molecule has 0 bridgehead atoms. The average molecular weight is 326 g/mol. The molecule has 3 aliphatic rings. The number of benzene rings is 1. The summed E-state index contributed by atoms with van der Waals surface area (Å²) in [5.74, 6) is 1.25. The lowest BCUT2D eigenvalue weighted by Crippen LogP contribution is -2.40. The molecule has 0 radical (unpaired) electrons. The Bertz CT molecular complexity index is 674. The van der Waals surface area contributed by atoms with Crippen molar-refractivity contribution >= 4 is 11.7 Å². The van der Waals surface area contributed by atoms with Crippen LogP contribution < -0.4 is 0 Å². The second kappa shape index (κ2) is 6.32.